The molecular formula is C21H27N3O5S. The van der Waals surface area contributed by atoms with Crippen molar-refractivity contribution in [1.29, 1.82) is 0 Å². The van der Waals surface area contributed by atoms with E-state index >= 15 is 0 Å². The van der Waals surface area contributed by atoms with Crippen molar-refractivity contribution in [3.05, 3.63) is 47.3 Å². The molecule has 9 heteroatoms. The van der Waals surface area contributed by atoms with Crippen LogP contribution < -0.4 is 5.32 Å². The molecule has 1 aromatic carbocycles. The van der Waals surface area contributed by atoms with E-state index in [1.165, 1.54) is 21.1 Å². The van der Waals surface area contributed by atoms with Crippen LogP contribution >= 0.6 is 0 Å². The Balaban J connectivity index is 1.83. The Hall–Kier alpha value is -2.65. The molecule has 162 valence electrons. The second kappa shape index (κ2) is 8.61. The van der Waals surface area contributed by atoms with Crippen LogP contribution in [-0.4, -0.2) is 48.4 Å². The van der Waals surface area contributed by atoms with Crippen LogP contribution in [0.15, 0.2) is 35.4 Å². The minimum atomic E-state index is -3.95. The first-order valence-corrected chi connectivity index (χ1v) is 11.3. The minimum absolute atomic E-state index is 0.0288. The van der Waals surface area contributed by atoms with E-state index in [0.717, 1.165) is 11.1 Å². The number of amides is 1. The molecule has 1 atom stereocenters. The van der Waals surface area contributed by atoms with E-state index < -0.39 is 22.0 Å². The number of sulfonamides is 1. The number of carbonyl (C=O) groups is 2. The number of rotatable bonds is 6. The summed E-state index contributed by atoms with van der Waals surface area (Å²) in [4.78, 5) is 24.9. The fourth-order valence-corrected chi connectivity index (χ4v) is 5.28. The van der Waals surface area contributed by atoms with Gasteiger partial charge in [0.15, 0.2) is 0 Å². The van der Waals surface area contributed by atoms with Gasteiger partial charge in [-0.25, -0.2) is 13.2 Å². The molecule has 0 radical (unpaired) electrons. The van der Waals surface area contributed by atoms with Crippen molar-refractivity contribution in [2.75, 3.05) is 18.5 Å². The number of esters is 1. The molecule has 1 aliphatic rings. The lowest BCUT2D eigenvalue weighted by atomic mass is 10.1. The second-order valence-electron chi connectivity index (χ2n) is 7.45. The summed E-state index contributed by atoms with van der Waals surface area (Å²) in [6, 6.07) is 6.07. The Kier molecular flexibility index (Phi) is 6.33. The molecule has 2 heterocycles. The Morgan fingerprint density at radius 2 is 1.93 bits per heavy atom. The summed E-state index contributed by atoms with van der Waals surface area (Å²) in [5.41, 5.74) is 2.93. The van der Waals surface area contributed by atoms with E-state index in [1.807, 2.05) is 26.0 Å². The molecule has 1 N–H and O–H groups in total. The largest absolute Gasteiger partial charge is 0.461 e. The van der Waals surface area contributed by atoms with Crippen molar-refractivity contribution >= 4 is 27.6 Å². The molecule has 0 bridgehead atoms. The van der Waals surface area contributed by atoms with E-state index in [9.17, 15) is 18.0 Å². The van der Waals surface area contributed by atoms with Gasteiger partial charge in [-0.1, -0.05) is 6.07 Å². The number of ether oxygens (including phenoxy) is 1. The monoisotopic (exact) mass is 433 g/mol. The van der Waals surface area contributed by atoms with Crippen LogP contribution in [0.25, 0.3) is 0 Å². The number of aryl methyl sites for hydroxylation is 3. The van der Waals surface area contributed by atoms with Crippen molar-refractivity contribution in [3.8, 4) is 0 Å². The molecule has 8 nitrogen and oxygen atoms in total. The minimum Gasteiger partial charge on any atom is -0.461 e. The fourth-order valence-electron chi connectivity index (χ4n) is 3.55. The average Bonchev–Trinajstić information content (AvgIpc) is 3.32. The first-order chi connectivity index (χ1) is 14.1. The predicted octanol–water partition coefficient (Wildman–Crippen LogP) is 2.61. The van der Waals surface area contributed by atoms with Crippen molar-refractivity contribution in [2.24, 2.45) is 7.05 Å². The SMILES string of the molecule is CCOC(=O)c1cc(S(=O)(=O)N2CCCC2C(=O)Nc2ccc(C)c(C)c2)cn1C. The Bertz CT molecular complexity index is 1070. The number of hydrogen-bond donors (Lipinski definition) is 1. The summed E-state index contributed by atoms with van der Waals surface area (Å²) >= 11 is 0. The Morgan fingerprint density at radius 3 is 2.60 bits per heavy atom. The van der Waals surface area contributed by atoms with E-state index in [0.29, 0.717) is 18.5 Å². The van der Waals surface area contributed by atoms with Gasteiger partial charge in [0.1, 0.15) is 16.6 Å². The van der Waals surface area contributed by atoms with Gasteiger partial charge in [-0.3, -0.25) is 4.79 Å². The topological polar surface area (TPSA) is 97.7 Å². The van der Waals surface area contributed by atoms with Gasteiger partial charge >= 0.3 is 5.97 Å². The Morgan fingerprint density at radius 1 is 1.20 bits per heavy atom. The highest BCUT2D eigenvalue weighted by Gasteiger charge is 2.40. The van der Waals surface area contributed by atoms with Crippen LogP contribution in [0.4, 0.5) is 5.69 Å². The van der Waals surface area contributed by atoms with Crippen molar-refractivity contribution in [3.63, 3.8) is 0 Å². The highest BCUT2D eigenvalue weighted by atomic mass is 32.2. The summed E-state index contributed by atoms with van der Waals surface area (Å²) in [6.07, 6.45) is 2.40. The summed E-state index contributed by atoms with van der Waals surface area (Å²) in [6.45, 7) is 6.06. The number of hydrogen-bond acceptors (Lipinski definition) is 5. The molecule has 30 heavy (non-hydrogen) atoms. The third-order valence-corrected chi connectivity index (χ3v) is 7.23. The highest BCUT2D eigenvalue weighted by Crippen LogP contribution is 2.28. The second-order valence-corrected chi connectivity index (χ2v) is 9.35. The molecule has 1 aliphatic heterocycles. The molecule has 0 spiro atoms. The number of carbonyl (C=O) groups excluding carboxylic acids is 2. The first-order valence-electron chi connectivity index (χ1n) is 9.88. The van der Waals surface area contributed by atoms with Gasteiger partial charge in [0.05, 0.1) is 6.61 Å². The molecule has 1 amide bonds. The highest BCUT2D eigenvalue weighted by molar-refractivity contribution is 7.89. The third kappa shape index (κ3) is 4.27. The number of nitrogens with one attached hydrogen (secondary N) is 1. The van der Waals surface area contributed by atoms with Crippen molar-refractivity contribution in [1.82, 2.24) is 8.87 Å². The summed E-state index contributed by atoms with van der Waals surface area (Å²) in [7, 11) is -2.36. The zero-order valence-electron chi connectivity index (χ0n) is 17.6. The maximum absolute atomic E-state index is 13.2. The van der Waals surface area contributed by atoms with Crippen LogP contribution in [0.2, 0.25) is 0 Å². The smallest absolute Gasteiger partial charge is 0.354 e. The Labute approximate surface area is 176 Å². The van der Waals surface area contributed by atoms with E-state index in [4.69, 9.17) is 4.74 Å². The lowest BCUT2D eigenvalue weighted by Gasteiger charge is -2.23. The van der Waals surface area contributed by atoms with E-state index in [2.05, 4.69) is 5.32 Å². The zero-order chi connectivity index (χ0) is 22.1. The number of benzene rings is 1. The van der Waals surface area contributed by atoms with Gasteiger partial charge in [-0.2, -0.15) is 4.31 Å². The summed E-state index contributed by atoms with van der Waals surface area (Å²) in [5.74, 6) is -0.951. The van der Waals surface area contributed by atoms with Crippen molar-refractivity contribution < 1.29 is 22.7 Å². The molecule has 2 aromatic rings. The van der Waals surface area contributed by atoms with Gasteiger partial charge < -0.3 is 14.6 Å². The number of aromatic nitrogens is 1. The molecule has 1 saturated heterocycles. The summed E-state index contributed by atoms with van der Waals surface area (Å²) in [5, 5.41) is 2.83. The summed E-state index contributed by atoms with van der Waals surface area (Å²) < 4.78 is 34.1. The lowest BCUT2D eigenvalue weighted by molar-refractivity contribution is -0.119. The lowest BCUT2D eigenvalue weighted by Crippen LogP contribution is -2.43. The maximum Gasteiger partial charge on any atom is 0.354 e. The molecule has 0 aliphatic carbocycles. The van der Waals surface area contributed by atoms with E-state index in [-0.39, 0.29) is 29.6 Å². The molecule has 1 fully saturated rings. The molecule has 1 unspecified atom stereocenters. The fraction of sp³-hybridized carbons (Fsp3) is 0.429. The van der Waals surface area contributed by atoms with Gasteiger partial charge in [0.2, 0.25) is 15.9 Å². The van der Waals surface area contributed by atoms with E-state index in [1.54, 1.807) is 20.0 Å². The quantitative estimate of drug-likeness (QED) is 0.706. The van der Waals surface area contributed by atoms with Gasteiger partial charge in [0.25, 0.3) is 0 Å². The third-order valence-electron chi connectivity index (χ3n) is 5.35. The van der Waals surface area contributed by atoms with Gasteiger partial charge in [0, 0.05) is 25.5 Å². The average molecular weight is 434 g/mol. The number of nitrogens with zero attached hydrogens (tertiary/aromatic N) is 2. The molecule has 1 aromatic heterocycles. The van der Waals surface area contributed by atoms with Crippen LogP contribution in [-0.2, 0) is 26.6 Å². The van der Waals surface area contributed by atoms with Crippen LogP contribution in [0.3, 0.4) is 0 Å². The van der Waals surface area contributed by atoms with Gasteiger partial charge in [-0.05, 0) is 62.9 Å². The van der Waals surface area contributed by atoms with Crippen LogP contribution in [0, 0.1) is 13.8 Å². The van der Waals surface area contributed by atoms with Crippen LogP contribution in [0.1, 0.15) is 41.4 Å². The molecular weight excluding hydrogens is 406 g/mol. The van der Waals surface area contributed by atoms with Gasteiger partial charge in [-0.15, -0.1) is 0 Å². The predicted molar refractivity (Wildman–Crippen MR) is 113 cm³/mol. The maximum atomic E-state index is 13.2. The molecule has 0 saturated carbocycles. The first kappa shape index (κ1) is 22.0. The standard InChI is InChI=1S/C21H27N3O5S/c1-5-29-21(26)19-12-17(13-23(19)4)30(27,28)24-10-6-7-18(24)20(25)22-16-9-8-14(2)15(3)11-16/h8-9,11-13,18H,5-7,10H2,1-4H3,(H,22,25). The zero-order valence-corrected chi connectivity index (χ0v) is 18.5. The normalized spacial score (nSPS) is 17.1. The van der Waals surface area contributed by atoms with Crippen molar-refractivity contribution in [2.45, 2.75) is 44.6 Å². The van der Waals surface area contributed by atoms with Crippen LogP contribution in [0.5, 0.6) is 0 Å². The number of anilines is 1. The molecule has 3 rings (SSSR count).